The molecule has 2 heteroatoms. The van der Waals surface area contributed by atoms with Gasteiger partial charge in [-0.3, -0.25) is 0 Å². The molecule has 2 rings (SSSR count). The zero-order valence-corrected chi connectivity index (χ0v) is 10.7. The van der Waals surface area contributed by atoms with Gasteiger partial charge in [0.1, 0.15) is 0 Å². The van der Waals surface area contributed by atoms with Gasteiger partial charge < -0.3 is 5.73 Å². The summed E-state index contributed by atoms with van der Waals surface area (Å²) in [5.41, 5.74) is 9.80. The van der Waals surface area contributed by atoms with E-state index in [-0.39, 0.29) is 6.04 Å². The first-order chi connectivity index (χ1) is 7.68. The van der Waals surface area contributed by atoms with Crippen molar-refractivity contribution < 1.29 is 0 Å². The van der Waals surface area contributed by atoms with Crippen molar-refractivity contribution in [1.29, 1.82) is 0 Å². The number of nitrogens with two attached hydrogens (primary N) is 1. The Hall–Kier alpha value is -1.12. The van der Waals surface area contributed by atoms with Crippen molar-refractivity contribution in [3.63, 3.8) is 0 Å². The Morgan fingerprint density at radius 1 is 1.06 bits per heavy atom. The smallest absolute Gasteiger partial charge is 0.0554 e. The quantitative estimate of drug-likeness (QED) is 0.887. The van der Waals surface area contributed by atoms with Crippen LogP contribution in [0.15, 0.2) is 53.0 Å². The monoisotopic (exact) mass is 275 g/mol. The molecule has 0 saturated heterocycles. The van der Waals surface area contributed by atoms with Gasteiger partial charge in [-0.2, -0.15) is 0 Å². The molecule has 0 aromatic heterocycles. The minimum atomic E-state index is -0.0568. The van der Waals surface area contributed by atoms with Gasteiger partial charge in [-0.25, -0.2) is 0 Å². The molecule has 16 heavy (non-hydrogen) atoms. The van der Waals surface area contributed by atoms with E-state index in [1.165, 1.54) is 11.1 Å². The Labute approximate surface area is 104 Å². The van der Waals surface area contributed by atoms with Crippen LogP contribution >= 0.6 is 15.9 Å². The molecule has 0 bridgehead atoms. The number of aryl methyl sites for hydroxylation is 1. The summed E-state index contributed by atoms with van der Waals surface area (Å²) in [6, 6.07) is 16.3. The molecule has 0 fully saturated rings. The molecule has 1 unspecified atom stereocenters. The van der Waals surface area contributed by atoms with Crippen molar-refractivity contribution in [3.05, 3.63) is 69.7 Å². The first kappa shape index (κ1) is 11.4. The first-order valence-corrected chi connectivity index (χ1v) is 6.04. The average molecular weight is 276 g/mol. The van der Waals surface area contributed by atoms with E-state index in [4.69, 9.17) is 5.73 Å². The first-order valence-electron chi connectivity index (χ1n) is 5.25. The number of hydrogen-bond acceptors (Lipinski definition) is 1. The molecule has 0 amide bonds. The van der Waals surface area contributed by atoms with Gasteiger partial charge in [-0.15, -0.1) is 0 Å². The second kappa shape index (κ2) is 4.81. The Kier molecular flexibility index (Phi) is 3.42. The topological polar surface area (TPSA) is 26.0 Å². The van der Waals surface area contributed by atoms with Crippen LogP contribution in [0.1, 0.15) is 22.7 Å². The number of halogens is 1. The van der Waals surface area contributed by atoms with Crippen LogP contribution in [0.25, 0.3) is 0 Å². The second-order valence-corrected chi connectivity index (χ2v) is 4.80. The Bertz CT molecular complexity index is 479. The molecule has 2 aromatic carbocycles. The highest BCUT2D eigenvalue weighted by molar-refractivity contribution is 9.10. The third kappa shape index (κ3) is 2.34. The largest absolute Gasteiger partial charge is 0.320 e. The third-order valence-corrected chi connectivity index (χ3v) is 3.23. The molecule has 1 nitrogen and oxygen atoms in total. The summed E-state index contributed by atoms with van der Waals surface area (Å²) < 4.78 is 1.07. The zero-order valence-electron chi connectivity index (χ0n) is 9.15. The van der Waals surface area contributed by atoms with Crippen LogP contribution in [0, 0.1) is 6.92 Å². The maximum absolute atomic E-state index is 6.27. The standard InChI is InChI=1S/C14H14BrN/c1-10-7-8-12(15)9-13(10)14(16)11-5-3-2-4-6-11/h2-9,14H,16H2,1H3. The molecule has 2 N–H and O–H groups in total. The predicted octanol–water partition coefficient (Wildman–Crippen LogP) is 3.81. The van der Waals surface area contributed by atoms with Crippen LogP contribution in [0.4, 0.5) is 0 Å². The fourth-order valence-electron chi connectivity index (χ4n) is 1.79. The van der Waals surface area contributed by atoms with Gasteiger partial charge in [0.05, 0.1) is 6.04 Å². The summed E-state index contributed by atoms with van der Waals surface area (Å²) in [4.78, 5) is 0. The highest BCUT2D eigenvalue weighted by atomic mass is 79.9. The molecule has 0 saturated carbocycles. The molecule has 1 atom stereocenters. The minimum absolute atomic E-state index is 0.0568. The number of rotatable bonds is 2. The summed E-state index contributed by atoms with van der Waals surface area (Å²) in [6.07, 6.45) is 0. The van der Waals surface area contributed by atoms with Crippen LogP contribution in [0.5, 0.6) is 0 Å². The van der Waals surface area contributed by atoms with E-state index < -0.39 is 0 Å². The molecule has 0 aliphatic rings. The lowest BCUT2D eigenvalue weighted by Crippen LogP contribution is -2.13. The van der Waals surface area contributed by atoms with Crippen LogP contribution < -0.4 is 5.73 Å². The molecule has 82 valence electrons. The summed E-state index contributed by atoms with van der Waals surface area (Å²) in [6.45, 7) is 2.09. The molecular weight excluding hydrogens is 262 g/mol. The normalized spacial score (nSPS) is 12.4. The van der Waals surface area contributed by atoms with Gasteiger partial charge in [-0.1, -0.05) is 52.3 Å². The van der Waals surface area contributed by atoms with Crippen molar-refractivity contribution in [2.24, 2.45) is 5.73 Å². The zero-order chi connectivity index (χ0) is 11.5. The highest BCUT2D eigenvalue weighted by Gasteiger charge is 2.11. The lowest BCUT2D eigenvalue weighted by atomic mass is 9.96. The number of hydrogen-bond donors (Lipinski definition) is 1. The molecule has 2 aromatic rings. The van der Waals surface area contributed by atoms with E-state index in [1.54, 1.807) is 0 Å². The molecule has 0 spiro atoms. The fraction of sp³-hybridized carbons (Fsp3) is 0.143. The highest BCUT2D eigenvalue weighted by Crippen LogP contribution is 2.25. The second-order valence-electron chi connectivity index (χ2n) is 3.89. The predicted molar refractivity (Wildman–Crippen MR) is 71.4 cm³/mol. The fourth-order valence-corrected chi connectivity index (χ4v) is 2.17. The van der Waals surface area contributed by atoms with Crippen molar-refractivity contribution in [3.8, 4) is 0 Å². The van der Waals surface area contributed by atoms with E-state index in [9.17, 15) is 0 Å². The van der Waals surface area contributed by atoms with E-state index in [0.717, 1.165) is 10.0 Å². The summed E-state index contributed by atoms with van der Waals surface area (Å²) in [5.74, 6) is 0. The number of benzene rings is 2. The van der Waals surface area contributed by atoms with Crippen molar-refractivity contribution in [2.75, 3.05) is 0 Å². The summed E-state index contributed by atoms with van der Waals surface area (Å²) in [5, 5.41) is 0. The van der Waals surface area contributed by atoms with Gasteiger partial charge in [-0.05, 0) is 35.7 Å². The Morgan fingerprint density at radius 2 is 1.75 bits per heavy atom. The van der Waals surface area contributed by atoms with Crippen LogP contribution in [-0.2, 0) is 0 Å². The maximum atomic E-state index is 6.27. The van der Waals surface area contributed by atoms with E-state index >= 15 is 0 Å². The van der Waals surface area contributed by atoms with E-state index in [2.05, 4.69) is 47.1 Å². The van der Waals surface area contributed by atoms with Crippen molar-refractivity contribution in [1.82, 2.24) is 0 Å². The Balaban J connectivity index is 2.41. The van der Waals surface area contributed by atoms with Crippen molar-refractivity contribution in [2.45, 2.75) is 13.0 Å². The summed E-state index contributed by atoms with van der Waals surface area (Å²) >= 11 is 3.48. The van der Waals surface area contributed by atoms with E-state index in [1.807, 2.05) is 24.3 Å². The van der Waals surface area contributed by atoms with Crippen LogP contribution in [0.2, 0.25) is 0 Å². The van der Waals surface area contributed by atoms with Gasteiger partial charge in [0.15, 0.2) is 0 Å². The maximum Gasteiger partial charge on any atom is 0.0554 e. The van der Waals surface area contributed by atoms with Gasteiger partial charge in [0, 0.05) is 4.47 Å². The molecule has 0 aliphatic heterocycles. The summed E-state index contributed by atoms with van der Waals surface area (Å²) in [7, 11) is 0. The van der Waals surface area contributed by atoms with Crippen LogP contribution in [-0.4, -0.2) is 0 Å². The lowest BCUT2D eigenvalue weighted by molar-refractivity contribution is 0.860. The van der Waals surface area contributed by atoms with Gasteiger partial charge >= 0.3 is 0 Å². The molecular formula is C14H14BrN. The van der Waals surface area contributed by atoms with Crippen molar-refractivity contribution >= 4 is 15.9 Å². The average Bonchev–Trinajstić information content (AvgIpc) is 2.32. The SMILES string of the molecule is Cc1ccc(Br)cc1C(N)c1ccccc1. The lowest BCUT2D eigenvalue weighted by Gasteiger charge is -2.15. The van der Waals surface area contributed by atoms with Gasteiger partial charge in [0.2, 0.25) is 0 Å². The Morgan fingerprint density at radius 3 is 2.44 bits per heavy atom. The third-order valence-electron chi connectivity index (χ3n) is 2.74. The van der Waals surface area contributed by atoms with E-state index in [0.29, 0.717) is 0 Å². The van der Waals surface area contributed by atoms with Gasteiger partial charge in [0.25, 0.3) is 0 Å². The molecule has 0 heterocycles. The van der Waals surface area contributed by atoms with Crippen LogP contribution in [0.3, 0.4) is 0 Å². The molecule has 0 aliphatic carbocycles. The molecule has 0 radical (unpaired) electrons. The minimum Gasteiger partial charge on any atom is -0.320 e.